The first-order chi connectivity index (χ1) is 4.83. The highest BCUT2D eigenvalue weighted by Crippen LogP contribution is 2.14. The van der Waals surface area contributed by atoms with Gasteiger partial charge >= 0.3 is 0 Å². The minimum Gasteiger partial charge on any atom is -0.433 e. The fraction of sp³-hybridized carbons (Fsp3) is 0.429. The van der Waals surface area contributed by atoms with E-state index in [0.29, 0.717) is 25.1 Å². The molecule has 10 heavy (non-hydrogen) atoms. The smallest absolute Gasteiger partial charge is 0.298 e. The van der Waals surface area contributed by atoms with Crippen LogP contribution in [-0.2, 0) is 14.3 Å². The third-order valence-electron chi connectivity index (χ3n) is 1.37. The number of hydrogen-bond donors (Lipinski definition) is 0. The molecule has 0 radical (unpaired) electrons. The Labute approximate surface area is 58.7 Å². The van der Waals surface area contributed by atoms with Gasteiger partial charge in [-0.2, -0.15) is 0 Å². The molecule has 0 aliphatic heterocycles. The van der Waals surface area contributed by atoms with Gasteiger partial charge < -0.3 is 4.74 Å². The van der Waals surface area contributed by atoms with Crippen molar-refractivity contribution >= 4 is 12.3 Å². The van der Waals surface area contributed by atoms with E-state index in [-0.39, 0.29) is 5.78 Å². The summed E-state index contributed by atoms with van der Waals surface area (Å²) >= 11 is 0. The second-order valence-corrected chi connectivity index (χ2v) is 2.14. The minimum absolute atomic E-state index is 0.0445. The number of carbonyl (C=O) groups is 2. The van der Waals surface area contributed by atoms with Crippen LogP contribution in [0, 0.1) is 0 Å². The van der Waals surface area contributed by atoms with Crippen LogP contribution in [0.15, 0.2) is 11.8 Å². The third-order valence-corrected chi connectivity index (χ3v) is 1.37. The van der Waals surface area contributed by atoms with E-state index >= 15 is 0 Å². The first kappa shape index (κ1) is 6.99. The zero-order chi connectivity index (χ0) is 7.40. The Hall–Kier alpha value is -1.12. The third kappa shape index (κ3) is 1.69. The number of hydrogen-bond acceptors (Lipinski definition) is 3. The molecule has 0 spiro atoms. The van der Waals surface area contributed by atoms with E-state index < -0.39 is 0 Å². The molecule has 0 amide bonds. The fourth-order valence-corrected chi connectivity index (χ4v) is 0.915. The van der Waals surface area contributed by atoms with E-state index in [9.17, 15) is 9.59 Å². The zero-order valence-corrected chi connectivity index (χ0v) is 5.50. The summed E-state index contributed by atoms with van der Waals surface area (Å²) in [5.41, 5.74) is 0. The second kappa shape index (κ2) is 3.15. The Morgan fingerprint density at radius 3 is 2.90 bits per heavy atom. The van der Waals surface area contributed by atoms with Gasteiger partial charge in [0.15, 0.2) is 5.78 Å². The van der Waals surface area contributed by atoms with Crippen molar-refractivity contribution < 1.29 is 14.3 Å². The van der Waals surface area contributed by atoms with Crippen molar-refractivity contribution in [1.29, 1.82) is 0 Å². The van der Waals surface area contributed by atoms with Crippen molar-refractivity contribution in [1.82, 2.24) is 0 Å². The lowest BCUT2D eigenvalue weighted by Gasteiger charge is -2.07. The van der Waals surface area contributed by atoms with E-state index in [1.165, 1.54) is 6.08 Å². The molecule has 0 heterocycles. The highest BCUT2D eigenvalue weighted by molar-refractivity contribution is 5.90. The molecular formula is C7H8O3. The lowest BCUT2D eigenvalue weighted by molar-refractivity contribution is -0.125. The summed E-state index contributed by atoms with van der Waals surface area (Å²) in [6.45, 7) is 0.352. The molecule has 0 aromatic rings. The number of ketones is 1. The molecular weight excluding hydrogens is 132 g/mol. The molecule has 0 saturated heterocycles. The number of allylic oxidation sites excluding steroid dienone is 2. The molecule has 0 aromatic carbocycles. The average molecular weight is 140 g/mol. The molecule has 1 rings (SSSR count). The van der Waals surface area contributed by atoms with Crippen LogP contribution in [0.3, 0.4) is 0 Å². The highest BCUT2D eigenvalue weighted by Gasteiger charge is 2.09. The lowest BCUT2D eigenvalue weighted by atomic mass is 10.1. The average Bonchev–Trinajstić information content (AvgIpc) is 1.88. The molecule has 1 aliphatic carbocycles. The van der Waals surface area contributed by atoms with Gasteiger partial charge in [-0.1, -0.05) is 0 Å². The van der Waals surface area contributed by atoms with E-state index in [0.717, 1.165) is 6.42 Å². The van der Waals surface area contributed by atoms with Crippen LogP contribution >= 0.6 is 0 Å². The minimum atomic E-state index is 0.0445. The van der Waals surface area contributed by atoms with Crippen LogP contribution < -0.4 is 0 Å². The number of rotatable bonds is 2. The summed E-state index contributed by atoms with van der Waals surface area (Å²) in [6.07, 6.45) is 3.45. The Kier molecular flexibility index (Phi) is 2.20. The van der Waals surface area contributed by atoms with E-state index in [2.05, 4.69) is 4.74 Å². The van der Waals surface area contributed by atoms with Gasteiger partial charge in [-0.15, -0.1) is 0 Å². The van der Waals surface area contributed by atoms with Crippen molar-refractivity contribution in [2.24, 2.45) is 0 Å². The molecule has 0 unspecified atom stereocenters. The van der Waals surface area contributed by atoms with Gasteiger partial charge in [0.25, 0.3) is 6.47 Å². The van der Waals surface area contributed by atoms with Crippen molar-refractivity contribution in [3.8, 4) is 0 Å². The summed E-state index contributed by atoms with van der Waals surface area (Å²) in [5.74, 6) is 0.536. The van der Waals surface area contributed by atoms with Gasteiger partial charge in [0.05, 0.1) is 0 Å². The normalized spacial score (nSPS) is 18.0. The zero-order valence-electron chi connectivity index (χ0n) is 5.50. The van der Waals surface area contributed by atoms with Gasteiger partial charge in [0.1, 0.15) is 5.76 Å². The van der Waals surface area contributed by atoms with Crippen molar-refractivity contribution in [2.45, 2.75) is 19.3 Å². The monoisotopic (exact) mass is 140 g/mol. The Bertz CT molecular complexity index is 181. The van der Waals surface area contributed by atoms with Gasteiger partial charge in [0.2, 0.25) is 0 Å². The molecule has 1 aliphatic rings. The van der Waals surface area contributed by atoms with Crippen LogP contribution in [0.1, 0.15) is 19.3 Å². The Morgan fingerprint density at radius 2 is 2.30 bits per heavy atom. The van der Waals surface area contributed by atoms with Crippen LogP contribution in [0.25, 0.3) is 0 Å². The molecule has 0 bridgehead atoms. The van der Waals surface area contributed by atoms with Crippen LogP contribution in [0.4, 0.5) is 0 Å². The van der Waals surface area contributed by atoms with Crippen LogP contribution in [0.5, 0.6) is 0 Å². The number of ether oxygens (including phenoxy) is 1. The summed E-state index contributed by atoms with van der Waals surface area (Å²) in [6, 6.07) is 0. The SMILES string of the molecule is O=COC1=CC(=O)CCC1. The van der Waals surface area contributed by atoms with Crippen molar-refractivity contribution in [3.05, 3.63) is 11.8 Å². The summed E-state index contributed by atoms with van der Waals surface area (Å²) < 4.78 is 4.51. The molecule has 3 nitrogen and oxygen atoms in total. The standard InChI is InChI=1S/C7H8O3/c8-5-10-7-3-1-2-6(9)4-7/h4-5H,1-3H2. The van der Waals surface area contributed by atoms with Crippen molar-refractivity contribution in [2.75, 3.05) is 0 Å². The Balaban J connectivity index is 2.56. The first-order valence-corrected chi connectivity index (χ1v) is 3.16. The van der Waals surface area contributed by atoms with Gasteiger partial charge in [0, 0.05) is 18.9 Å². The summed E-state index contributed by atoms with van der Waals surface area (Å²) in [5, 5.41) is 0. The molecule has 0 atom stereocenters. The predicted molar refractivity (Wildman–Crippen MR) is 34.1 cm³/mol. The molecule has 3 heteroatoms. The molecule has 0 saturated carbocycles. The van der Waals surface area contributed by atoms with E-state index in [1.54, 1.807) is 0 Å². The lowest BCUT2D eigenvalue weighted by Crippen LogP contribution is -2.04. The molecule has 54 valence electrons. The first-order valence-electron chi connectivity index (χ1n) is 3.16. The van der Waals surface area contributed by atoms with Crippen LogP contribution in [-0.4, -0.2) is 12.3 Å². The second-order valence-electron chi connectivity index (χ2n) is 2.14. The summed E-state index contributed by atoms with van der Waals surface area (Å²) in [7, 11) is 0. The van der Waals surface area contributed by atoms with E-state index in [4.69, 9.17) is 0 Å². The highest BCUT2D eigenvalue weighted by atomic mass is 16.5. The maximum atomic E-state index is 10.7. The molecule has 0 fully saturated rings. The topological polar surface area (TPSA) is 43.4 Å². The number of carbonyl (C=O) groups excluding carboxylic acids is 2. The van der Waals surface area contributed by atoms with Crippen molar-refractivity contribution in [3.63, 3.8) is 0 Å². The fourth-order valence-electron chi connectivity index (χ4n) is 0.915. The maximum Gasteiger partial charge on any atom is 0.298 e. The van der Waals surface area contributed by atoms with Gasteiger partial charge in [-0.05, 0) is 6.42 Å². The largest absolute Gasteiger partial charge is 0.433 e. The van der Waals surface area contributed by atoms with Gasteiger partial charge in [-0.3, -0.25) is 9.59 Å². The Morgan fingerprint density at radius 1 is 1.50 bits per heavy atom. The molecule has 0 N–H and O–H groups in total. The maximum absolute atomic E-state index is 10.7. The summed E-state index contributed by atoms with van der Waals surface area (Å²) in [4.78, 5) is 20.5. The quantitative estimate of drug-likeness (QED) is 0.533. The van der Waals surface area contributed by atoms with Crippen LogP contribution in [0.2, 0.25) is 0 Å². The molecule has 0 aromatic heterocycles. The van der Waals surface area contributed by atoms with Gasteiger partial charge in [-0.25, -0.2) is 0 Å². The predicted octanol–water partition coefficient (Wildman–Crippen LogP) is 0.796. The van der Waals surface area contributed by atoms with E-state index in [1.807, 2.05) is 0 Å².